The summed E-state index contributed by atoms with van der Waals surface area (Å²) in [6.45, 7) is 0. The summed E-state index contributed by atoms with van der Waals surface area (Å²) in [6.07, 6.45) is 1.57. The SMILES string of the molecule is Fc1ccccc1-c1nc(NN=Cc2ccc(Cl)cc2Cl)c2ccccc2n1. The van der Waals surface area contributed by atoms with Crippen LogP contribution in [-0.2, 0) is 0 Å². The van der Waals surface area contributed by atoms with E-state index in [0.29, 0.717) is 32.5 Å². The van der Waals surface area contributed by atoms with Crippen molar-refractivity contribution in [3.63, 3.8) is 0 Å². The summed E-state index contributed by atoms with van der Waals surface area (Å²) < 4.78 is 14.2. The molecular weight excluding hydrogens is 398 g/mol. The van der Waals surface area contributed by atoms with Crippen molar-refractivity contribution in [2.45, 2.75) is 0 Å². The molecule has 28 heavy (non-hydrogen) atoms. The van der Waals surface area contributed by atoms with Gasteiger partial charge in [-0.2, -0.15) is 5.10 Å². The molecule has 0 aliphatic carbocycles. The Morgan fingerprint density at radius 3 is 2.54 bits per heavy atom. The van der Waals surface area contributed by atoms with E-state index in [9.17, 15) is 4.39 Å². The molecule has 4 aromatic rings. The van der Waals surface area contributed by atoms with Crippen molar-refractivity contribution in [2.24, 2.45) is 5.10 Å². The molecule has 4 nitrogen and oxygen atoms in total. The lowest BCUT2D eigenvalue weighted by Gasteiger charge is -2.09. The zero-order valence-electron chi connectivity index (χ0n) is 14.4. The molecule has 0 amide bonds. The van der Waals surface area contributed by atoms with Crippen molar-refractivity contribution in [2.75, 3.05) is 5.43 Å². The maximum absolute atomic E-state index is 14.2. The van der Waals surface area contributed by atoms with E-state index >= 15 is 0 Å². The first kappa shape index (κ1) is 18.3. The predicted molar refractivity (Wildman–Crippen MR) is 113 cm³/mol. The van der Waals surface area contributed by atoms with E-state index in [1.807, 2.05) is 24.3 Å². The van der Waals surface area contributed by atoms with Crippen molar-refractivity contribution >= 4 is 46.1 Å². The third-order valence-corrected chi connectivity index (χ3v) is 4.62. The average molecular weight is 411 g/mol. The van der Waals surface area contributed by atoms with Crippen LogP contribution >= 0.6 is 23.2 Å². The molecule has 0 atom stereocenters. The van der Waals surface area contributed by atoms with Gasteiger partial charge in [-0.15, -0.1) is 0 Å². The molecule has 0 aliphatic heterocycles. The van der Waals surface area contributed by atoms with Crippen LogP contribution in [0.5, 0.6) is 0 Å². The normalized spacial score (nSPS) is 11.2. The third-order valence-electron chi connectivity index (χ3n) is 4.05. The van der Waals surface area contributed by atoms with E-state index in [0.717, 1.165) is 5.39 Å². The molecule has 138 valence electrons. The van der Waals surface area contributed by atoms with Crippen LogP contribution in [0.2, 0.25) is 10.0 Å². The molecule has 0 saturated heterocycles. The van der Waals surface area contributed by atoms with Crippen LogP contribution < -0.4 is 5.43 Å². The van der Waals surface area contributed by atoms with Gasteiger partial charge in [0.25, 0.3) is 0 Å². The number of anilines is 1. The van der Waals surface area contributed by atoms with Gasteiger partial charge in [0, 0.05) is 16.0 Å². The number of benzene rings is 3. The number of hydrazone groups is 1. The molecule has 1 N–H and O–H groups in total. The number of rotatable bonds is 4. The van der Waals surface area contributed by atoms with E-state index in [-0.39, 0.29) is 11.6 Å². The highest BCUT2D eigenvalue weighted by atomic mass is 35.5. The molecule has 4 rings (SSSR count). The summed E-state index contributed by atoms with van der Waals surface area (Å²) in [5.41, 5.74) is 4.61. The zero-order valence-corrected chi connectivity index (χ0v) is 15.9. The standard InChI is InChI=1S/C21H13Cl2FN4/c22-14-10-9-13(17(23)11-14)12-25-28-21-16-6-2-4-8-19(16)26-20(27-21)15-5-1-3-7-18(15)24/h1-12H,(H,26,27,28). The van der Waals surface area contributed by atoms with Crippen molar-refractivity contribution < 1.29 is 4.39 Å². The van der Waals surface area contributed by atoms with Gasteiger partial charge in [0.15, 0.2) is 11.6 Å². The highest BCUT2D eigenvalue weighted by Gasteiger charge is 2.12. The van der Waals surface area contributed by atoms with E-state index < -0.39 is 0 Å². The largest absolute Gasteiger partial charge is 0.261 e. The van der Waals surface area contributed by atoms with E-state index in [2.05, 4.69) is 20.5 Å². The van der Waals surface area contributed by atoms with Gasteiger partial charge in [-0.3, -0.25) is 5.43 Å². The van der Waals surface area contributed by atoms with Gasteiger partial charge in [-0.1, -0.05) is 53.5 Å². The number of hydrogen-bond acceptors (Lipinski definition) is 4. The quantitative estimate of drug-likeness (QED) is 0.322. The van der Waals surface area contributed by atoms with E-state index in [4.69, 9.17) is 23.2 Å². The lowest BCUT2D eigenvalue weighted by Crippen LogP contribution is -2.00. The number of para-hydroxylation sites is 1. The second-order valence-electron chi connectivity index (χ2n) is 5.93. The minimum atomic E-state index is -0.389. The maximum Gasteiger partial charge on any atom is 0.165 e. The second kappa shape index (κ2) is 7.92. The van der Waals surface area contributed by atoms with Crippen LogP contribution in [0.1, 0.15) is 5.56 Å². The number of aromatic nitrogens is 2. The predicted octanol–water partition coefficient (Wildman–Crippen LogP) is 6.19. The summed E-state index contributed by atoms with van der Waals surface area (Å²) in [5.74, 6) is 0.351. The summed E-state index contributed by atoms with van der Waals surface area (Å²) >= 11 is 12.1. The fourth-order valence-electron chi connectivity index (χ4n) is 2.69. The van der Waals surface area contributed by atoms with Gasteiger partial charge in [-0.25, -0.2) is 14.4 Å². The molecular formula is C21H13Cl2FN4. The number of nitrogens with one attached hydrogen (secondary N) is 1. The molecule has 0 radical (unpaired) electrons. The number of fused-ring (bicyclic) bond motifs is 1. The minimum absolute atomic E-state index is 0.277. The lowest BCUT2D eigenvalue weighted by atomic mass is 10.1. The van der Waals surface area contributed by atoms with Crippen LogP contribution in [0.3, 0.4) is 0 Å². The molecule has 0 aliphatic rings. The number of halogens is 3. The van der Waals surface area contributed by atoms with Gasteiger partial charge < -0.3 is 0 Å². The highest BCUT2D eigenvalue weighted by Crippen LogP contribution is 2.26. The van der Waals surface area contributed by atoms with Crippen LogP contribution in [0.4, 0.5) is 10.2 Å². The van der Waals surface area contributed by atoms with Gasteiger partial charge in [0.1, 0.15) is 5.82 Å². The highest BCUT2D eigenvalue weighted by molar-refractivity contribution is 6.36. The van der Waals surface area contributed by atoms with Crippen LogP contribution in [0.25, 0.3) is 22.3 Å². The Labute approximate surface area is 170 Å². The average Bonchev–Trinajstić information content (AvgIpc) is 2.70. The summed E-state index contributed by atoms with van der Waals surface area (Å²) in [7, 11) is 0. The molecule has 1 heterocycles. The summed E-state index contributed by atoms with van der Waals surface area (Å²) in [6, 6.07) is 19.0. The lowest BCUT2D eigenvalue weighted by molar-refractivity contribution is 0.630. The molecule has 0 saturated carbocycles. The molecule has 1 aromatic heterocycles. The summed E-state index contributed by atoms with van der Waals surface area (Å²) in [4.78, 5) is 8.95. The van der Waals surface area contributed by atoms with Crippen LogP contribution in [0, 0.1) is 5.82 Å². The molecule has 3 aromatic carbocycles. The van der Waals surface area contributed by atoms with Crippen LogP contribution in [-0.4, -0.2) is 16.2 Å². The Hall–Kier alpha value is -3.02. The van der Waals surface area contributed by atoms with Crippen molar-refractivity contribution in [3.8, 4) is 11.4 Å². The maximum atomic E-state index is 14.2. The Kier molecular flexibility index (Phi) is 5.19. The Balaban J connectivity index is 1.73. The number of hydrogen-bond donors (Lipinski definition) is 1. The molecule has 0 fully saturated rings. The topological polar surface area (TPSA) is 50.2 Å². The second-order valence-corrected chi connectivity index (χ2v) is 6.77. The van der Waals surface area contributed by atoms with Gasteiger partial charge in [-0.05, 0) is 36.4 Å². The Morgan fingerprint density at radius 2 is 1.71 bits per heavy atom. The zero-order chi connectivity index (χ0) is 19.5. The van der Waals surface area contributed by atoms with E-state index in [1.165, 1.54) is 6.07 Å². The molecule has 7 heteroatoms. The van der Waals surface area contributed by atoms with Gasteiger partial charge in [0.05, 0.1) is 22.3 Å². The number of nitrogens with zero attached hydrogens (tertiary/aromatic N) is 3. The van der Waals surface area contributed by atoms with Crippen molar-refractivity contribution in [1.82, 2.24) is 9.97 Å². The van der Waals surface area contributed by atoms with Crippen molar-refractivity contribution in [1.29, 1.82) is 0 Å². The first-order chi connectivity index (χ1) is 13.6. The van der Waals surface area contributed by atoms with E-state index in [1.54, 1.807) is 42.6 Å². The first-order valence-corrected chi connectivity index (χ1v) is 9.13. The van der Waals surface area contributed by atoms with Crippen molar-refractivity contribution in [3.05, 3.63) is 88.2 Å². The minimum Gasteiger partial charge on any atom is -0.261 e. The van der Waals surface area contributed by atoms with Crippen LogP contribution in [0.15, 0.2) is 71.8 Å². The first-order valence-electron chi connectivity index (χ1n) is 8.37. The fourth-order valence-corrected chi connectivity index (χ4v) is 3.15. The Bertz CT molecular complexity index is 1190. The van der Waals surface area contributed by atoms with Gasteiger partial charge >= 0.3 is 0 Å². The monoisotopic (exact) mass is 410 g/mol. The third kappa shape index (κ3) is 3.81. The molecule has 0 spiro atoms. The Morgan fingerprint density at radius 1 is 0.929 bits per heavy atom. The summed E-state index contributed by atoms with van der Waals surface area (Å²) in [5, 5.41) is 6.02. The molecule has 0 unspecified atom stereocenters. The molecule has 0 bridgehead atoms. The smallest absolute Gasteiger partial charge is 0.165 e. The fraction of sp³-hybridized carbons (Fsp3) is 0. The van der Waals surface area contributed by atoms with Gasteiger partial charge in [0.2, 0.25) is 0 Å².